The summed E-state index contributed by atoms with van der Waals surface area (Å²) in [6.45, 7) is 10.0. The Balaban J connectivity index is 2.00. The van der Waals surface area contributed by atoms with Gasteiger partial charge in [-0.3, -0.25) is 4.79 Å². The van der Waals surface area contributed by atoms with Crippen molar-refractivity contribution in [2.45, 2.75) is 39.8 Å². The fourth-order valence-corrected chi connectivity index (χ4v) is 2.68. The van der Waals surface area contributed by atoms with Crippen molar-refractivity contribution in [2.24, 2.45) is 4.99 Å². The number of nitrogens with one attached hydrogen (secondary N) is 3. The molecule has 1 heterocycles. The minimum Gasteiger partial charge on any atom is -0.486 e. The Morgan fingerprint density at radius 1 is 1.23 bits per heavy atom. The van der Waals surface area contributed by atoms with Crippen LogP contribution in [-0.4, -0.2) is 43.7 Å². The van der Waals surface area contributed by atoms with Crippen LogP contribution in [0, 0.1) is 0 Å². The molecule has 26 heavy (non-hydrogen) atoms. The first-order valence-electron chi connectivity index (χ1n) is 8.69. The lowest BCUT2D eigenvalue weighted by Crippen LogP contribution is -2.48. The summed E-state index contributed by atoms with van der Waals surface area (Å²) in [5.74, 6) is 1.68. The summed E-state index contributed by atoms with van der Waals surface area (Å²) in [7, 11) is 0. The number of hydrogen-bond acceptors (Lipinski definition) is 4. The van der Waals surface area contributed by atoms with Gasteiger partial charge in [0.25, 0.3) is 0 Å². The van der Waals surface area contributed by atoms with Gasteiger partial charge in [-0.05, 0) is 45.4 Å². The molecule has 1 aliphatic heterocycles. The maximum absolute atomic E-state index is 11.9. The highest BCUT2D eigenvalue weighted by Gasteiger charge is 2.17. The number of amides is 1. The third-order valence-corrected chi connectivity index (χ3v) is 3.63. The second-order valence-electron chi connectivity index (χ2n) is 6.95. The zero-order valence-electron chi connectivity index (χ0n) is 15.7. The fraction of sp³-hybridized carbons (Fsp3) is 0.556. The van der Waals surface area contributed by atoms with Gasteiger partial charge in [0.1, 0.15) is 13.2 Å². The van der Waals surface area contributed by atoms with Crippen molar-refractivity contribution in [3.63, 3.8) is 0 Å². The summed E-state index contributed by atoms with van der Waals surface area (Å²) in [5.41, 5.74) is 0.631. The molecule has 1 aromatic carbocycles. The van der Waals surface area contributed by atoms with Gasteiger partial charge in [0.05, 0.1) is 18.1 Å². The van der Waals surface area contributed by atoms with Crippen molar-refractivity contribution < 1.29 is 14.3 Å². The van der Waals surface area contributed by atoms with Crippen molar-refractivity contribution >= 4 is 23.5 Å². The predicted octanol–water partition coefficient (Wildman–Crippen LogP) is 2.08. The molecule has 0 atom stereocenters. The Labute approximate surface area is 159 Å². The second kappa shape index (κ2) is 8.98. The van der Waals surface area contributed by atoms with Crippen LogP contribution in [-0.2, 0) is 11.3 Å². The van der Waals surface area contributed by atoms with Gasteiger partial charge >= 0.3 is 0 Å². The molecule has 0 unspecified atom stereocenters. The summed E-state index contributed by atoms with van der Waals surface area (Å²) in [4.78, 5) is 16.4. The first kappa shape index (κ1) is 20.2. The average molecular weight is 383 g/mol. The van der Waals surface area contributed by atoms with Crippen LogP contribution >= 0.6 is 11.6 Å². The third kappa shape index (κ3) is 6.29. The highest BCUT2D eigenvalue weighted by Crippen LogP contribution is 2.38. The number of carbonyl (C=O) groups is 1. The Morgan fingerprint density at radius 2 is 1.96 bits per heavy atom. The second-order valence-corrected chi connectivity index (χ2v) is 7.36. The van der Waals surface area contributed by atoms with Crippen molar-refractivity contribution in [1.29, 1.82) is 0 Å². The van der Waals surface area contributed by atoms with Gasteiger partial charge in [-0.25, -0.2) is 4.99 Å². The Kier molecular flexibility index (Phi) is 6.97. The van der Waals surface area contributed by atoms with Gasteiger partial charge in [-0.1, -0.05) is 11.6 Å². The van der Waals surface area contributed by atoms with Gasteiger partial charge < -0.3 is 25.4 Å². The van der Waals surface area contributed by atoms with Crippen molar-refractivity contribution in [1.82, 2.24) is 16.0 Å². The van der Waals surface area contributed by atoms with Crippen molar-refractivity contribution in [3.8, 4) is 11.5 Å². The number of fused-ring (bicyclic) bond motifs is 1. The summed E-state index contributed by atoms with van der Waals surface area (Å²) in [5, 5.41) is 9.56. The molecule has 0 radical (unpaired) electrons. The number of rotatable bonds is 5. The summed E-state index contributed by atoms with van der Waals surface area (Å²) in [6.07, 6.45) is 0. The number of aliphatic imine (C=N–C) groups is 1. The summed E-state index contributed by atoms with van der Waals surface area (Å²) >= 11 is 6.25. The monoisotopic (exact) mass is 382 g/mol. The van der Waals surface area contributed by atoms with Crippen molar-refractivity contribution in [3.05, 3.63) is 22.7 Å². The maximum atomic E-state index is 11.9. The van der Waals surface area contributed by atoms with Crippen LogP contribution in [0.25, 0.3) is 0 Å². The van der Waals surface area contributed by atoms with Gasteiger partial charge in [0.15, 0.2) is 17.5 Å². The zero-order chi connectivity index (χ0) is 19.2. The fourth-order valence-electron chi connectivity index (χ4n) is 2.39. The maximum Gasteiger partial charge on any atom is 0.239 e. The van der Waals surface area contributed by atoms with E-state index in [1.165, 1.54) is 0 Å². The predicted molar refractivity (Wildman–Crippen MR) is 103 cm³/mol. The summed E-state index contributed by atoms with van der Waals surface area (Å²) < 4.78 is 11.1. The van der Waals surface area contributed by atoms with Gasteiger partial charge in [-0.15, -0.1) is 0 Å². The number of carbonyl (C=O) groups excluding carboxylic acids is 1. The van der Waals surface area contributed by atoms with Crippen LogP contribution in [0.5, 0.6) is 11.5 Å². The molecule has 0 saturated carbocycles. The van der Waals surface area contributed by atoms with Crippen LogP contribution in [0.3, 0.4) is 0 Å². The lowest BCUT2D eigenvalue weighted by molar-refractivity contribution is -0.121. The molecular formula is C18H27ClN4O3. The van der Waals surface area contributed by atoms with E-state index >= 15 is 0 Å². The normalized spacial score (nSPS) is 14.0. The van der Waals surface area contributed by atoms with E-state index in [2.05, 4.69) is 20.9 Å². The van der Waals surface area contributed by atoms with Crippen LogP contribution < -0.4 is 25.4 Å². The minimum absolute atomic E-state index is 0.0922. The SMILES string of the molecule is CCNC(=NCc1cc(Cl)c2c(c1)OCCO2)NCC(=O)NC(C)(C)C. The average Bonchev–Trinajstić information content (AvgIpc) is 2.56. The van der Waals surface area contributed by atoms with Crippen LogP contribution in [0.1, 0.15) is 33.3 Å². The van der Waals surface area contributed by atoms with E-state index in [-0.39, 0.29) is 18.0 Å². The van der Waals surface area contributed by atoms with Crippen LogP contribution in [0.4, 0.5) is 0 Å². The molecule has 0 saturated heterocycles. The molecule has 144 valence electrons. The van der Waals surface area contributed by atoms with Gasteiger partial charge in [0.2, 0.25) is 5.91 Å². The molecule has 0 aromatic heterocycles. The lowest BCUT2D eigenvalue weighted by Gasteiger charge is -2.21. The minimum atomic E-state index is -0.268. The Hall–Kier alpha value is -2.15. The molecule has 8 heteroatoms. The number of hydrogen-bond donors (Lipinski definition) is 3. The van der Waals surface area contributed by atoms with Gasteiger partial charge in [-0.2, -0.15) is 0 Å². The quantitative estimate of drug-likeness (QED) is 0.536. The largest absolute Gasteiger partial charge is 0.486 e. The zero-order valence-corrected chi connectivity index (χ0v) is 16.5. The number of nitrogens with zero attached hydrogens (tertiary/aromatic N) is 1. The molecule has 3 N–H and O–H groups in total. The van der Waals surface area contributed by atoms with E-state index < -0.39 is 0 Å². The molecule has 1 aliphatic rings. The molecule has 2 rings (SSSR count). The van der Waals surface area contributed by atoms with Gasteiger partial charge in [0, 0.05) is 12.1 Å². The molecule has 0 spiro atoms. The molecule has 1 amide bonds. The van der Waals surface area contributed by atoms with E-state index in [0.717, 1.165) is 5.56 Å². The summed E-state index contributed by atoms with van der Waals surface area (Å²) in [6, 6.07) is 3.69. The highest BCUT2D eigenvalue weighted by atomic mass is 35.5. The number of halogens is 1. The number of ether oxygens (including phenoxy) is 2. The molecule has 0 fully saturated rings. The third-order valence-electron chi connectivity index (χ3n) is 3.35. The first-order chi connectivity index (χ1) is 12.3. The van der Waals surface area contributed by atoms with Crippen molar-refractivity contribution in [2.75, 3.05) is 26.3 Å². The molecule has 0 bridgehead atoms. The number of benzene rings is 1. The molecular weight excluding hydrogens is 356 g/mol. The van der Waals surface area contributed by atoms with E-state index in [1.807, 2.05) is 39.8 Å². The Bertz CT molecular complexity index is 671. The smallest absolute Gasteiger partial charge is 0.239 e. The number of guanidine groups is 1. The van der Waals surface area contributed by atoms with E-state index in [4.69, 9.17) is 21.1 Å². The van der Waals surface area contributed by atoms with Crippen LogP contribution in [0.2, 0.25) is 5.02 Å². The Morgan fingerprint density at radius 3 is 2.65 bits per heavy atom. The van der Waals surface area contributed by atoms with E-state index in [1.54, 1.807) is 0 Å². The van der Waals surface area contributed by atoms with E-state index in [0.29, 0.717) is 48.8 Å². The first-order valence-corrected chi connectivity index (χ1v) is 9.07. The van der Waals surface area contributed by atoms with Crippen LogP contribution in [0.15, 0.2) is 17.1 Å². The topological polar surface area (TPSA) is 84.0 Å². The molecule has 1 aromatic rings. The lowest BCUT2D eigenvalue weighted by atomic mass is 10.1. The standard InChI is InChI=1S/C18H27ClN4O3/c1-5-20-17(22-11-15(24)23-18(2,3)4)21-10-12-8-13(19)16-14(9-12)25-6-7-26-16/h8-9H,5-7,10-11H2,1-4H3,(H,23,24)(H2,20,21,22). The molecule has 0 aliphatic carbocycles. The molecule has 7 nitrogen and oxygen atoms in total. The van der Waals surface area contributed by atoms with E-state index in [9.17, 15) is 4.79 Å². The highest BCUT2D eigenvalue weighted by molar-refractivity contribution is 6.32.